The smallest absolute Gasteiger partial charge is 0.471 e. The van der Waals surface area contributed by atoms with Gasteiger partial charge in [-0.2, -0.15) is 18.4 Å². The number of ether oxygens (including phenoxy) is 1. The van der Waals surface area contributed by atoms with Crippen molar-refractivity contribution in [3.8, 4) is 11.8 Å². The topological polar surface area (TPSA) is 364 Å². The first kappa shape index (κ1) is 88.8. The summed E-state index contributed by atoms with van der Waals surface area (Å²) in [7, 11) is 0.190. The van der Waals surface area contributed by atoms with Crippen molar-refractivity contribution in [3.05, 3.63) is 200 Å². The zero-order chi connectivity index (χ0) is 88.5. The number of nitrogens with zero attached hydrogens (tertiary/aromatic N) is 7. The number of likely N-dealkylation sites (N-methyl/N-ethyl adjacent to an activating group) is 1. The summed E-state index contributed by atoms with van der Waals surface area (Å²) in [4.78, 5) is 139. The van der Waals surface area contributed by atoms with E-state index < -0.39 is 61.8 Å². The Balaban J connectivity index is 0.000000168. The van der Waals surface area contributed by atoms with Crippen LogP contribution in [0.25, 0.3) is 0 Å². The van der Waals surface area contributed by atoms with E-state index in [1.807, 2.05) is 131 Å². The van der Waals surface area contributed by atoms with Crippen molar-refractivity contribution in [3.63, 3.8) is 0 Å². The highest BCUT2D eigenvalue weighted by Gasteiger charge is 2.57. The van der Waals surface area contributed by atoms with Crippen molar-refractivity contribution >= 4 is 120 Å². The van der Waals surface area contributed by atoms with Gasteiger partial charge in [-0.05, 0) is 226 Å². The van der Waals surface area contributed by atoms with Gasteiger partial charge >= 0.3 is 18.1 Å². The Hall–Kier alpha value is -12.4. The van der Waals surface area contributed by atoms with Crippen molar-refractivity contribution in [2.45, 2.75) is 158 Å². The molecule has 1 atom stereocenters. The molecule has 7 amide bonds. The maximum Gasteiger partial charge on any atom is 0.471 e. The highest BCUT2D eigenvalue weighted by atomic mass is 32.2. The Morgan fingerprint density at radius 2 is 1.19 bits per heavy atom. The molecule has 31 heteroatoms. The number of Topliss-reactive ketones (excluding diaryl/α,β-unsaturated/α-hetero) is 3. The Morgan fingerprint density at radius 3 is 1.76 bits per heavy atom. The van der Waals surface area contributed by atoms with E-state index in [9.17, 15) is 64.7 Å². The molecule has 1 unspecified atom stereocenters. The standard InChI is InChI=1S/C33H40N6O5S.C32H33N5O3.C26H29F3N4O4/c1-5-39(18-17-34-45(4,43)44)25-11-9-23(10-12-25)35-26-20-27(37-32(42)36-24-8-6-7-22(3)19-24)30(40)28-29(26)38-31(41)33(28)15-13-21(2)14-16-33;1-4-37(17-9-16-33)22-12-13-24(21(3)18-22)34-25-19-26(35-30(39)23-11-6-5-10-20(23)2)29(38)27-28(25)36-31(40)32(27)14-7-8-15-32;1-12-11-24(2,3)33(6)17-10-18(37-7)14(8-13(12)17)30-15-9-16(31-23(36)26(27,28)29)21(34)19-20(15)32-22(35)25(19,4)5/h6-12,19-21,34H,5,13-18H2,1-4H3,(H,38,41)(H2,36,37,42);5-6,10-13,18-19H,4,7-9,14-15,17H2,1-3H3,(H,35,39)(H,36,40);8-10,12H,11H2,1-7H3,(H,31,36)(H,32,35). The highest BCUT2D eigenvalue weighted by Crippen LogP contribution is 2.54. The average Bonchev–Trinajstić information content (AvgIpc) is 1.57. The molecule has 640 valence electrons. The molecule has 14 rings (SSSR count). The van der Waals surface area contributed by atoms with Crippen LogP contribution in [0.3, 0.4) is 0 Å². The van der Waals surface area contributed by atoms with Crippen molar-refractivity contribution in [2.75, 3.05) is 73.2 Å². The molecule has 0 radical (unpaired) electrons. The van der Waals surface area contributed by atoms with Crippen molar-refractivity contribution in [2.24, 2.45) is 37.1 Å². The van der Waals surface area contributed by atoms with Crippen LogP contribution in [0.15, 0.2) is 187 Å². The number of fused-ring (bicyclic) bond motifs is 3. The van der Waals surface area contributed by atoms with Gasteiger partial charge in [-0.1, -0.05) is 57.0 Å². The number of alkyl halides is 3. The number of sulfonamides is 1. The number of allylic oxidation sites excluding steroid dienone is 6. The summed E-state index contributed by atoms with van der Waals surface area (Å²) < 4.78 is 69.9. The lowest BCUT2D eigenvalue weighted by Gasteiger charge is -2.45. The molecule has 5 aromatic rings. The second kappa shape index (κ2) is 35.3. The van der Waals surface area contributed by atoms with E-state index in [2.05, 4.69) is 85.2 Å². The summed E-state index contributed by atoms with van der Waals surface area (Å²) in [5.74, 6) is -4.11. The molecule has 0 aromatic heterocycles. The molecule has 0 bridgehead atoms. The monoisotopic (exact) mass is 1690 g/mol. The average molecular weight is 1690 g/mol. The van der Waals surface area contributed by atoms with Crippen LogP contribution in [-0.2, 0) is 43.6 Å². The number of rotatable bonds is 19. The third-order valence-corrected chi connectivity index (χ3v) is 24.9. The predicted octanol–water partition coefficient (Wildman–Crippen LogP) is 13.3. The quantitative estimate of drug-likeness (QED) is 0.0356. The highest BCUT2D eigenvalue weighted by molar-refractivity contribution is 7.88. The van der Waals surface area contributed by atoms with Crippen LogP contribution in [0.1, 0.15) is 158 Å². The second-order valence-corrected chi connectivity index (χ2v) is 35.2. The first-order valence-electron chi connectivity index (χ1n) is 40.8. The van der Waals surface area contributed by atoms with E-state index in [-0.39, 0.29) is 75.7 Å². The van der Waals surface area contributed by atoms with Gasteiger partial charge in [0.05, 0.1) is 105 Å². The van der Waals surface area contributed by atoms with Crippen LogP contribution in [0, 0.1) is 54.3 Å². The number of nitrogens with one attached hydrogen (secondary N) is 8. The van der Waals surface area contributed by atoms with Gasteiger partial charge in [-0.3, -0.25) is 38.4 Å². The van der Waals surface area contributed by atoms with Gasteiger partial charge < -0.3 is 56.7 Å². The number of hydrogen-bond donors (Lipinski definition) is 8. The second-order valence-electron chi connectivity index (χ2n) is 33.4. The molecule has 4 heterocycles. The molecule has 122 heavy (non-hydrogen) atoms. The number of halogens is 3. The van der Waals surface area contributed by atoms with E-state index >= 15 is 0 Å². The number of hydrogen-bond acceptors (Lipinski definition) is 19. The van der Waals surface area contributed by atoms with E-state index in [1.165, 1.54) is 27.0 Å². The number of anilines is 4. The van der Waals surface area contributed by atoms with Crippen molar-refractivity contribution in [1.82, 2.24) is 36.6 Å². The van der Waals surface area contributed by atoms with Gasteiger partial charge in [0.2, 0.25) is 45.1 Å². The number of ketones is 3. The summed E-state index contributed by atoms with van der Waals surface area (Å²) in [6.45, 7) is 24.1. The lowest BCUT2D eigenvalue weighted by atomic mass is 9.65. The van der Waals surface area contributed by atoms with Crippen molar-refractivity contribution in [1.29, 1.82) is 5.26 Å². The molecule has 2 saturated carbocycles. The number of nitriles is 1. The molecular formula is C91H102F3N15O12S. The number of benzene rings is 5. The summed E-state index contributed by atoms with van der Waals surface area (Å²) in [5.41, 5.74) is 8.07. The molecule has 2 fully saturated rings. The van der Waals surface area contributed by atoms with E-state index in [1.54, 1.807) is 29.6 Å². The SMILES string of the molecule is CCN(CCC#N)c1ccc(N=C2C=C(NC(=O)c3ccccc3C)C(=O)C3=C2NC(=O)C32CCCC2)c(C)c1.CCN(CCNS(C)(=O)=O)c1ccc(N=C2C=C(NC(=O)Nc3cccc(C)c3)C(=O)C3=C2NC(=O)C32CCC(C)CC2)cc1.COc1cc2c(cc1N=C1C=C(NC(=O)C(F)(F)F)C(=O)C3=C1NC(=O)C3(C)C)C(C)CC(C)(C)N2C. The van der Waals surface area contributed by atoms with E-state index in [0.29, 0.717) is 126 Å². The van der Waals surface area contributed by atoms with Crippen molar-refractivity contribution < 1.29 is 69.5 Å². The fourth-order valence-electron chi connectivity index (χ4n) is 17.3. The molecular weight excluding hydrogens is 1580 g/mol. The Labute approximate surface area is 707 Å². The molecule has 0 saturated heterocycles. The number of carbonyl (C=O) groups excluding carboxylic acids is 9. The fourth-order valence-corrected chi connectivity index (χ4v) is 17.7. The van der Waals surface area contributed by atoms with Crippen LogP contribution in [-0.4, -0.2) is 143 Å². The number of urea groups is 1. The Kier molecular flexibility index (Phi) is 25.7. The number of carbonyl (C=O) groups is 9. The number of amides is 7. The fraction of sp³-hybridized carbons (Fsp3) is 0.396. The molecule has 9 aliphatic rings. The number of aliphatic imine (C=N–C) groups is 3. The lowest BCUT2D eigenvalue weighted by molar-refractivity contribution is -0.172. The van der Waals surface area contributed by atoms with Crippen LogP contribution in [0.5, 0.6) is 5.75 Å². The minimum Gasteiger partial charge on any atom is -0.494 e. The summed E-state index contributed by atoms with van der Waals surface area (Å²) >= 11 is 0. The Bertz CT molecular complexity index is 5650. The van der Waals surface area contributed by atoms with Gasteiger partial charge in [0.1, 0.15) is 11.4 Å². The van der Waals surface area contributed by atoms with Crippen LogP contribution in [0.2, 0.25) is 0 Å². The van der Waals surface area contributed by atoms with Gasteiger partial charge in [0.15, 0.2) is 0 Å². The zero-order valence-corrected chi connectivity index (χ0v) is 71.7. The van der Waals surface area contributed by atoms with Gasteiger partial charge in [-0.15, -0.1) is 0 Å². The minimum atomic E-state index is -5.20. The molecule has 5 aliphatic carbocycles. The minimum absolute atomic E-state index is 0.0291. The first-order valence-corrected chi connectivity index (χ1v) is 42.7. The van der Waals surface area contributed by atoms with Crippen LogP contribution < -0.4 is 61.4 Å². The Morgan fingerprint density at radius 1 is 0.639 bits per heavy atom. The van der Waals surface area contributed by atoms with E-state index in [4.69, 9.17) is 20.0 Å². The van der Waals surface area contributed by atoms with Gasteiger partial charge in [0.25, 0.3) is 5.91 Å². The van der Waals surface area contributed by atoms with Crippen LogP contribution in [0.4, 0.5) is 57.8 Å². The largest absolute Gasteiger partial charge is 0.494 e. The van der Waals surface area contributed by atoms with E-state index in [0.717, 1.165) is 90.3 Å². The van der Waals surface area contributed by atoms with Gasteiger partial charge in [-0.25, -0.2) is 32.9 Å². The molecule has 2 spiro atoms. The third-order valence-electron chi connectivity index (χ3n) is 24.2. The zero-order valence-electron chi connectivity index (χ0n) is 70.9. The maximum atomic E-state index is 14.0. The van der Waals surface area contributed by atoms with Crippen LogP contribution >= 0.6 is 0 Å². The molecule has 4 aliphatic heterocycles. The lowest BCUT2D eigenvalue weighted by Crippen LogP contribution is -2.45. The molecule has 5 aromatic carbocycles. The first-order chi connectivity index (χ1) is 57.6. The summed E-state index contributed by atoms with van der Waals surface area (Å²) in [6.07, 6.45) is 7.03. The van der Waals surface area contributed by atoms with Gasteiger partial charge in [0, 0.05) is 96.4 Å². The third kappa shape index (κ3) is 18.3. The number of methoxy groups -OCH3 is 1. The molecule has 27 nitrogen and oxygen atoms in total. The summed E-state index contributed by atoms with van der Waals surface area (Å²) in [5, 5.41) is 27.6. The summed E-state index contributed by atoms with van der Waals surface area (Å²) in [6, 6.07) is 33.2. The maximum absolute atomic E-state index is 14.0. The predicted molar refractivity (Wildman–Crippen MR) is 462 cm³/mol. The number of aryl methyl sites for hydroxylation is 3. The molecule has 8 N–H and O–H groups in total. The normalized spacial score (nSPS) is 21.4.